The van der Waals surface area contributed by atoms with E-state index in [1.54, 1.807) is 26.9 Å². The predicted octanol–water partition coefficient (Wildman–Crippen LogP) is 6.23. The number of ether oxygens (including phenoxy) is 2. The number of hydrogen-bond acceptors (Lipinski definition) is 7. The number of amides is 3. The standard InChI is InChI=1S/C42H58N4O6/c1-9-25-44(32-19-21-34(22-20-32)51-14-6)38(48)35-36-39(49)46(33(28-47)27-29(7)8)37(42(36)24-23-41(35,11-3)52-42)40(50)45(26-10-2)31-17-15-30(16-18-31)43(12-4)13-5/h9-10,15-22,29,33,35-37,47H,1-2,11-14,23-28H2,3-8H3/t33-,35+,36+,37?,41-,42?/m1/s1. The molecule has 2 aromatic carbocycles. The molecule has 3 saturated heterocycles. The van der Waals surface area contributed by atoms with Gasteiger partial charge in [-0.1, -0.05) is 32.9 Å². The highest BCUT2D eigenvalue weighted by atomic mass is 16.5. The van der Waals surface area contributed by atoms with Crippen LogP contribution in [-0.2, 0) is 19.1 Å². The Balaban J connectivity index is 1.62. The molecule has 3 fully saturated rings. The molecule has 1 N–H and O–H groups in total. The van der Waals surface area contributed by atoms with E-state index in [1.165, 1.54) is 0 Å². The second-order valence-electron chi connectivity index (χ2n) is 14.6. The van der Waals surface area contributed by atoms with Gasteiger partial charge in [0.15, 0.2) is 0 Å². The van der Waals surface area contributed by atoms with Crippen LogP contribution in [0.1, 0.15) is 67.2 Å². The van der Waals surface area contributed by atoms with E-state index >= 15 is 14.4 Å². The van der Waals surface area contributed by atoms with Gasteiger partial charge in [-0.15, -0.1) is 13.2 Å². The third kappa shape index (κ3) is 6.75. The highest BCUT2D eigenvalue weighted by Gasteiger charge is 2.79. The highest BCUT2D eigenvalue weighted by molar-refractivity contribution is 6.07. The SMILES string of the molecule is C=CCN(C(=O)C1N([C@@H](CO)CC(C)C)C(=O)[C@@H]2[C@@H](C(=O)N(CC=C)c3ccc(OCC)cc3)[C@@]3(CC)CCC12O3)c1ccc(N(CC)CC)cc1. The van der Waals surface area contributed by atoms with E-state index in [4.69, 9.17) is 9.47 Å². The van der Waals surface area contributed by atoms with Crippen LogP contribution in [0.2, 0.25) is 0 Å². The van der Waals surface area contributed by atoms with E-state index < -0.39 is 35.1 Å². The first-order valence-corrected chi connectivity index (χ1v) is 19.1. The summed E-state index contributed by atoms with van der Waals surface area (Å²) in [7, 11) is 0. The number of anilines is 3. The van der Waals surface area contributed by atoms with Crippen molar-refractivity contribution < 1.29 is 29.0 Å². The van der Waals surface area contributed by atoms with Gasteiger partial charge in [-0.05, 0) is 101 Å². The lowest BCUT2D eigenvalue weighted by Gasteiger charge is -2.40. The van der Waals surface area contributed by atoms with Crippen LogP contribution in [0.5, 0.6) is 5.75 Å². The largest absolute Gasteiger partial charge is 0.494 e. The topological polar surface area (TPSA) is 103 Å². The van der Waals surface area contributed by atoms with Crippen LogP contribution in [0.15, 0.2) is 73.8 Å². The first-order valence-electron chi connectivity index (χ1n) is 19.1. The molecule has 5 rings (SSSR count). The highest BCUT2D eigenvalue weighted by Crippen LogP contribution is 2.65. The molecule has 6 atom stereocenters. The molecular weight excluding hydrogens is 656 g/mol. The van der Waals surface area contributed by atoms with Crippen molar-refractivity contribution in [1.82, 2.24) is 4.90 Å². The maximum atomic E-state index is 15.3. The summed E-state index contributed by atoms with van der Waals surface area (Å²) in [5, 5.41) is 10.8. The lowest BCUT2D eigenvalue weighted by atomic mass is 9.64. The Labute approximate surface area is 310 Å². The number of fused-ring (bicyclic) bond motifs is 1. The fourth-order valence-electron chi connectivity index (χ4n) is 9.06. The van der Waals surface area contributed by atoms with E-state index in [1.807, 2.05) is 76.2 Å². The summed E-state index contributed by atoms with van der Waals surface area (Å²) in [6.45, 7) is 22.4. The van der Waals surface area contributed by atoms with Gasteiger partial charge < -0.3 is 34.2 Å². The Hall–Kier alpha value is -4.15. The molecule has 3 aliphatic rings. The van der Waals surface area contributed by atoms with Crippen LogP contribution in [0.25, 0.3) is 0 Å². The molecule has 2 aromatic rings. The van der Waals surface area contributed by atoms with Crippen molar-refractivity contribution in [2.24, 2.45) is 17.8 Å². The molecule has 52 heavy (non-hydrogen) atoms. The quantitative estimate of drug-likeness (QED) is 0.183. The Morgan fingerprint density at radius 2 is 1.48 bits per heavy atom. The van der Waals surface area contributed by atoms with Gasteiger partial charge in [-0.3, -0.25) is 14.4 Å². The maximum Gasteiger partial charge on any atom is 0.253 e. The summed E-state index contributed by atoms with van der Waals surface area (Å²) in [6, 6.07) is 13.5. The first kappa shape index (κ1) is 39.1. The van der Waals surface area contributed by atoms with Crippen molar-refractivity contribution in [3.8, 4) is 5.75 Å². The summed E-state index contributed by atoms with van der Waals surface area (Å²) in [5.74, 6) is -1.78. The number of nitrogens with zero attached hydrogens (tertiary/aromatic N) is 4. The lowest BCUT2D eigenvalue weighted by molar-refractivity contribution is -0.149. The molecule has 3 heterocycles. The molecule has 2 bridgehead atoms. The number of carbonyl (C=O) groups excluding carboxylic acids is 3. The number of aliphatic hydroxyl groups excluding tert-OH is 1. The lowest BCUT2D eigenvalue weighted by Crippen LogP contribution is -2.59. The molecule has 2 unspecified atom stereocenters. The Morgan fingerprint density at radius 1 is 0.923 bits per heavy atom. The van der Waals surface area contributed by atoms with Crippen LogP contribution in [0, 0.1) is 17.8 Å². The van der Waals surface area contributed by atoms with Gasteiger partial charge in [0.05, 0.1) is 36.7 Å². The van der Waals surface area contributed by atoms with Crippen molar-refractivity contribution in [2.45, 2.75) is 90.5 Å². The van der Waals surface area contributed by atoms with Gasteiger partial charge in [-0.25, -0.2) is 0 Å². The minimum atomic E-state index is -1.26. The smallest absolute Gasteiger partial charge is 0.253 e. The monoisotopic (exact) mass is 714 g/mol. The third-order valence-corrected chi connectivity index (χ3v) is 11.4. The van der Waals surface area contributed by atoms with E-state index in [2.05, 4.69) is 31.9 Å². The van der Waals surface area contributed by atoms with Crippen LogP contribution in [0.3, 0.4) is 0 Å². The van der Waals surface area contributed by atoms with Gasteiger partial charge in [0.25, 0.3) is 5.91 Å². The van der Waals surface area contributed by atoms with Crippen LogP contribution in [-0.4, -0.2) is 90.4 Å². The number of carbonyl (C=O) groups is 3. The average Bonchev–Trinajstić information content (AvgIpc) is 3.76. The molecule has 10 nitrogen and oxygen atoms in total. The molecule has 0 radical (unpaired) electrons. The Morgan fingerprint density at radius 3 is 1.98 bits per heavy atom. The van der Waals surface area contributed by atoms with Crippen molar-refractivity contribution in [2.75, 3.05) is 54.1 Å². The van der Waals surface area contributed by atoms with Gasteiger partial charge >= 0.3 is 0 Å². The number of benzene rings is 2. The second-order valence-corrected chi connectivity index (χ2v) is 14.6. The summed E-state index contributed by atoms with van der Waals surface area (Å²) < 4.78 is 12.8. The van der Waals surface area contributed by atoms with E-state index in [0.717, 1.165) is 18.8 Å². The van der Waals surface area contributed by atoms with Crippen molar-refractivity contribution >= 4 is 34.8 Å². The molecule has 3 aliphatic heterocycles. The molecule has 0 saturated carbocycles. The number of likely N-dealkylation sites (tertiary alicyclic amines) is 1. The minimum Gasteiger partial charge on any atom is -0.494 e. The van der Waals surface area contributed by atoms with Gasteiger partial charge in [0.2, 0.25) is 11.8 Å². The average molecular weight is 715 g/mol. The van der Waals surface area contributed by atoms with Crippen LogP contribution >= 0.6 is 0 Å². The zero-order valence-electron chi connectivity index (χ0n) is 31.9. The zero-order chi connectivity index (χ0) is 37.8. The van der Waals surface area contributed by atoms with Gasteiger partial charge in [0.1, 0.15) is 17.4 Å². The van der Waals surface area contributed by atoms with Crippen LogP contribution < -0.4 is 19.4 Å². The fraction of sp³-hybridized carbons (Fsp3) is 0.548. The zero-order valence-corrected chi connectivity index (χ0v) is 31.9. The molecule has 0 aliphatic carbocycles. The van der Waals surface area contributed by atoms with E-state index in [9.17, 15) is 5.11 Å². The van der Waals surface area contributed by atoms with E-state index in [0.29, 0.717) is 49.4 Å². The summed E-state index contributed by atoms with van der Waals surface area (Å²) in [5.41, 5.74) is 0.191. The normalized spacial score (nSPS) is 25.2. The van der Waals surface area contributed by atoms with E-state index in [-0.39, 0.29) is 43.3 Å². The number of hydrogen-bond donors (Lipinski definition) is 1. The predicted molar refractivity (Wildman–Crippen MR) is 207 cm³/mol. The second kappa shape index (κ2) is 16.3. The molecule has 282 valence electrons. The summed E-state index contributed by atoms with van der Waals surface area (Å²) >= 11 is 0. The van der Waals surface area contributed by atoms with Crippen molar-refractivity contribution in [3.63, 3.8) is 0 Å². The molecule has 1 spiro atoms. The summed E-state index contributed by atoms with van der Waals surface area (Å²) in [6.07, 6.45) is 5.32. The van der Waals surface area contributed by atoms with Gasteiger partial charge in [-0.2, -0.15) is 0 Å². The molecule has 0 aromatic heterocycles. The van der Waals surface area contributed by atoms with Crippen molar-refractivity contribution in [1.29, 1.82) is 0 Å². The first-order chi connectivity index (χ1) is 25.0. The fourth-order valence-corrected chi connectivity index (χ4v) is 9.06. The summed E-state index contributed by atoms with van der Waals surface area (Å²) in [4.78, 5) is 52.5. The number of aliphatic hydroxyl groups is 1. The molecule has 3 amide bonds. The molecule has 10 heteroatoms. The van der Waals surface area contributed by atoms with Crippen molar-refractivity contribution in [3.05, 3.63) is 73.8 Å². The minimum absolute atomic E-state index is 0.134. The molecular formula is C42H58N4O6. The van der Waals surface area contributed by atoms with Gasteiger partial charge in [0, 0.05) is 43.2 Å². The Bertz CT molecular complexity index is 1590. The third-order valence-electron chi connectivity index (χ3n) is 11.4. The maximum absolute atomic E-state index is 15.3. The van der Waals surface area contributed by atoms with Crippen LogP contribution in [0.4, 0.5) is 17.1 Å². The number of rotatable bonds is 18. The Kier molecular flexibility index (Phi) is 12.2.